The van der Waals surface area contributed by atoms with E-state index in [9.17, 15) is 14.0 Å². The highest BCUT2D eigenvalue weighted by Gasteiger charge is 2.27. The fourth-order valence-electron chi connectivity index (χ4n) is 3.93. The Balaban J connectivity index is 1.34. The van der Waals surface area contributed by atoms with Gasteiger partial charge in [-0.2, -0.15) is 5.10 Å². The Bertz CT molecular complexity index is 1110. The number of para-hydroxylation sites is 1. The number of nitrogens with one attached hydrogen (secondary N) is 2. The molecule has 0 saturated carbocycles. The van der Waals surface area contributed by atoms with Gasteiger partial charge in [0.15, 0.2) is 5.69 Å². The van der Waals surface area contributed by atoms with E-state index >= 15 is 0 Å². The molecule has 0 fully saturated rings. The van der Waals surface area contributed by atoms with Gasteiger partial charge in [-0.1, -0.05) is 30.3 Å². The number of carbonyl (C=O) groups excluding carboxylic acids is 2. The average Bonchev–Trinajstić information content (AvgIpc) is 3.36. The number of nitrogens with zero attached hydrogens (tertiary/aromatic N) is 2. The topological polar surface area (TPSA) is 76.0 Å². The number of aryl methyl sites for hydroxylation is 1. The summed E-state index contributed by atoms with van der Waals surface area (Å²) < 4.78 is 14.8. The van der Waals surface area contributed by atoms with Crippen LogP contribution in [-0.2, 0) is 24.1 Å². The van der Waals surface area contributed by atoms with Gasteiger partial charge in [0.05, 0.1) is 12.1 Å². The van der Waals surface area contributed by atoms with Crippen LogP contribution >= 0.6 is 0 Å². The van der Waals surface area contributed by atoms with Gasteiger partial charge >= 0.3 is 0 Å². The summed E-state index contributed by atoms with van der Waals surface area (Å²) in [5, 5.41) is 10.3. The molecule has 1 aromatic heterocycles. The molecule has 0 unspecified atom stereocenters. The van der Waals surface area contributed by atoms with Crippen molar-refractivity contribution in [3.63, 3.8) is 0 Å². The maximum atomic E-state index is 12.9. The van der Waals surface area contributed by atoms with Gasteiger partial charge in [-0.3, -0.25) is 9.59 Å². The number of hydrogen-bond donors (Lipinski definition) is 2. The highest BCUT2D eigenvalue weighted by molar-refractivity contribution is 5.94. The van der Waals surface area contributed by atoms with E-state index < -0.39 is 0 Å². The third-order valence-electron chi connectivity index (χ3n) is 5.50. The molecule has 2 aromatic carbocycles. The lowest BCUT2D eigenvalue weighted by Gasteiger charge is -2.08. The van der Waals surface area contributed by atoms with Gasteiger partial charge in [0.1, 0.15) is 5.82 Å². The van der Waals surface area contributed by atoms with Crippen LogP contribution in [0.1, 0.15) is 39.3 Å². The lowest BCUT2D eigenvalue weighted by Crippen LogP contribution is -2.35. The minimum atomic E-state index is -0.330. The van der Waals surface area contributed by atoms with E-state index in [1.54, 1.807) is 12.1 Å². The zero-order valence-corrected chi connectivity index (χ0v) is 17.5. The third-order valence-corrected chi connectivity index (χ3v) is 5.50. The highest BCUT2D eigenvalue weighted by Crippen LogP contribution is 2.28. The van der Waals surface area contributed by atoms with E-state index in [2.05, 4.69) is 15.7 Å². The van der Waals surface area contributed by atoms with Crippen molar-refractivity contribution in [3.05, 3.63) is 82.4 Å². The molecule has 0 saturated heterocycles. The second-order valence-corrected chi connectivity index (χ2v) is 7.73. The monoisotopic (exact) mass is 420 g/mol. The average molecular weight is 420 g/mol. The van der Waals surface area contributed by atoms with Crippen LogP contribution in [0.2, 0.25) is 0 Å². The number of hydrogen-bond acceptors (Lipinski definition) is 3. The number of benzene rings is 2. The Morgan fingerprint density at radius 3 is 2.55 bits per heavy atom. The zero-order valence-electron chi connectivity index (χ0n) is 17.5. The maximum absolute atomic E-state index is 12.9. The lowest BCUT2D eigenvalue weighted by atomic mass is 10.1. The minimum absolute atomic E-state index is 0.169. The summed E-state index contributed by atoms with van der Waals surface area (Å²) in [5.41, 5.74) is 5.42. The van der Waals surface area contributed by atoms with E-state index in [1.807, 2.05) is 35.9 Å². The van der Waals surface area contributed by atoms with E-state index in [0.29, 0.717) is 18.8 Å². The Hall–Kier alpha value is -3.48. The van der Waals surface area contributed by atoms with Crippen molar-refractivity contribution in [2.75, 3.05) is 13.1 Å². The van der Waals surface area contributed by atoms with Crippen molar-refractivity contribution < 1.29 is 14.0 Å². The van der Waals surface area contributed by atoms with Crippen molar-refractivity contribution in [2.45, 2.75) is 32.6 Å². The van der Waals surface area contributed by atoms with Gasteiger partial charge in [0, 0.05) is 24.3 Å². The standard InChI is InChI=1S/C24H25FN4O2/c1-16-5-2-3-7-20(16)29-21-8-4-6-19(21)23(28-29)24(31)27-14-13-26-22(30)15-17-9-11-18(25)12-10-17/h2-3,5,7,9-12H,4,6,8,13-15H2,1H3,(H,26,30)(H,27,31). The van der Waals surface area contributed by atoms with Crippen LogP contribution in [0.3, 0.4) is 0 Å². The molecule has 0 atom stereocenters. The maximum Gasteiger partial charge on any atom is 0.272 e. The summed E-state index contributed by atoms with van der Waals surface area (Å²) in [7, 11) is 0. The molecule has 0 aliphatic heterocycles. The number of aromatic nitrogens is 2. The normalized spacial score (nSPS) is 12.5. The van der Waals surface area contributed by atoms with E-state index in [0.717, 1.165) is 47.3 Å². The molecule has 1 aliphatic rings. The Labute approximate surface area is 180 Å². The molecule has 0 radical (unpaired) electrons. The molecule has 0 spiro atoms. The number of carbonyl (C=O) groups is 2. The van der Waals surface area contributed by atoms with Crippen LogP contribution in [0.4, 0.5) is 4.39 Å². The first-order valence-electron chi connectivity index (χ1n) is 10.5. The van der Waals surface area contributed by atoms with Crippen LogP contribution in [0.25, 0.3) is 5.69 Å². The van der Waals surface area contributed by atoms with E-state index in [-0.39, 0.29) is 24.1 Å². The fraction of sp³-hybridized carbons (Fsp3) is 0.292. The summed E-state index contributed by atoms with van der Waals surface area (Å²) in [6.07, 6.45) is 2.93. The summed E-state index contributed by atoms with van der Waals surface area (Å²) >= 11 is 0. The van der Waals surface area contributed by atoms with Crippen LogP contribution < -0.4 is 10.6 Å². The number of halogens is 1. The van der Waals surface area contributed by atoms with Crippen LogP contribution in [-0.4, -0.2) is 34.7 Å². The fourth-order valence-corrected chi connectivity index (χ4v) is 3.93. The van der Waals surface area contributed by atoms with Crippen LogP contribution in [0.15, 0.2) is 48.5 Å². The molecule has 31 heavy (non-hydrogen) atoms. The predicted molar refractivity (Wildman–Crippen MR) is 116 cm³/mol. The summed E-state index contributed by atoms with van der Waals surface area (Å²) in [4.78, 5) is 24.8. The second-order valence-electron chi connectivity index (χ2n) is 7.73. The lowest BCUT2D eigenvalue weighted by molar-refractivity contribution is -0.120. The highest BCUT2D eigenvalue weighted by atomic mass is 19.1. The molecule has 4 rings (SSSR count). The number of fused-ring (bicyclic) bond motifs is 1. The van der Waals surface area contributed by atoms with Crippen molar-refractivity contribution in [1.29, 1.82) is 0 Å². The quantitative estimate of drug-likeness (QED) is 0.577. The Kier molecular flexibility index (Phi) is 6.11. The molecule has 0 bridgehead atoms. The van der Waals surface area contributed by atoms with Crippen LogP contribution in [0.5, 0.6) is 0 Å². The van der Waals surface area contributed by atoms with Crippen molar-refractivity contribution in [3.8, 4) is 5.69 Å². The summed E-state index contributed by atoms with van der Waals surface area (Å²) in [6.45, 7) is 2.65. The molecule has 1 heterocycles. The smallest absolute Gasteiger partial charge is 0.272 e. The van der Waals surface area contributed by atoms with Crippen molar-refractivity contribution in [1.82, 2.24) is 20.4 Å². The first-order valence-corrected chi connectivity index (χ1v) is 10.5. The largest absolute Gasteiger partial charge is 0.354 e. The molecular formula is C24H25FN4O2. The van der Waals surface area contributed by atoms with Crippen molar-refractivity contribution >= 4 is 11.8 Å². The van der Waals surface area contributed by atoms with Gasteiger partial charge < -0.3 is 10.6 Å². The van der Waals surface area contributed by atoms with E-state index in [4.69, 9.17) is 0 Å². The first kappa shape index (κ1) is 20.8. The van der Waals surface area contributed by atoms with Gasteiger partial charge in [-0.25, -0.2) is 9.07 Å². The second kappa shape index (κ2) is 9.12. The number of amides is 2. The summed E-state index contributed by atoms with van der Waals surface area (Å²) in [6, 6.07) is 13.8. The Morgan fingerprint density at radius 1 is 1.03 bits per heavy atom. The van der Waals surface area contributed by atoms with Crippen LogP contribution in [0, 0.1) is 12.7 Å². The molecule has 1 aliphatic carbocycles. The molecule has 3 aromatic rings. The van der Waals surface area contributed by atoms with Crippen molar-refractivity contribution in [2.24, 2.45) is 0 Å². The predicted octanol–water partition coefficient (Wildman–Crippen LogP) is 2.90. The Morgan fingerprint density at radius 2 is 1.77 bits per heavy atom. The SMILES string of the molecule is Cc1ccccc1-n1nc(C(=O)NCCNC(=O)Cc2ccc(F)cc2)c2c1CCC2. The van der Waals surface area contributed by atoms with Gasteiger partial charge in [-0.15, -0.1) is 0 Å². The van der Waals surface area contributed by atoms with Gasteiger partial charge in [-0.05, 0) is 55.5 Å². The molecule has 2 amide bonds. The van der Waals surface area contributed by atoms with Gasteiger partial charge in [0.25, 0.3) is 5.91 Å². The number of rotatable bonds is 7. The first-order chi connectivity index (χ1) is 15.0. The third kappa shape index (κ3) is 4.66. The molecule has 160 valence electrons. The van der Waals surface area contributed by atoms with Gasteiger partial charge in [0.2, 0.25) is 5.91 Å². The minimum Gasteiger partial charge on any atom is -0.354 e. The molecule has 2 N–H and O–H groups in total. The molecule has 7 heteroatoms. The molecular weight excluding hydrogens is 395 g/mol. The van der Waals surface area contributed by atoms with E-state index in [1.165, 1.54) is 12.1 Å². The zero-order chi connectivity index (χ0) is 21.8. The molecule has 6 nitrogen and oxygen atoms in total. The summed E-state index contributed by atoms with van der Waals surface area (Å²) in [5.74, 6) is -0.730.